The molecular weight excluding hydrogens is 342 g/mol. The lowest BCUT2D eigenvalue weighted by molar-refractivity contribution is 0.180. The summed E-state index contributed by atoms with van der Waals surface area (Å²) < 4.78 is 5.43. The topological polar surface area (TPSA) is 84.2 Å². The zero-order valence-corrected chi connectivity index (χ0v) is 14.9. The minimum absolute atomic E-state index is 0.0917. The van der Waals surface area contributed by atoms with E-state index >= 15 is 0 Å². The van der Waals surface area contributed by atoms with Gasteiger partial charge in [-0.15, -0.1) is 0 Å². The first-order valence-electron chi connectivity index (χ1n) is 9.14. The number of hydrogen-bond donors (Lipinski definition) is 1. The summed E-state index contributed by atoms with van der Waals surface area (Å²) in [5.74, 6) is 0.910. The Morgan fingerprint density at radius 1 is 1.19 bits per heavy atom. The summed E-state index contributed by atoms with van der Waals surface area (Å²) in [5.41, 5.74) is 1.86. The fourth-order valence-electron chi connectivity index (χ4n) is 3.30. The van der Waals surface area contributed by atoms with Gasteiger partial charge < -0.3 is 14.7 Å². The van der Waals surface area contributed by atoms with Gasteiger partial charge in [-0.2, -0.15) is 4.98 Å². The maximum Gasteiger partial charge on any atom is 0.318 e. The Morgan fingerprint density at radius 2 is 2.04 bits per heavy atom. The highest BCUT2D eigenvalue weighted by molar-refractivity contribution is 5.75. The molecule has 0 radical (unpaired) electrons. The molecule has 138 valence electrons. The van der Waals surface area contributed by atoms with E-state index in [1.165, 1.54) is 5.56 Å². The Bertz CT molecular complexity index is 882. The Morgan fingerprint density at radius 3 is 2.85 bits per heavy atom. The van der Waals surface area contributed by atoms with Crippen LogP contribution in [0, 0.1) is 0 Å². The van der Waals surface area contributed by atoms with Crippen molar-refractivity contribution in [3.63, 3.8) is 0 Å². The molecule has 4 rings (SSSR count). The molecule has 1 aliphatic heterocycles. The molecule has 1 saturated heterocycles. The van der Waals surface area contributed by atoms with Gasteiger partial charge in [0.1, 0.15) is 11.7 Å². The van der Waals surface area contributed by atoms with Gasteiger partial charge in [0.25, 0.3) is 0 Å². The molecule has 27 heavy (non-hydrogen) atoms. The average molecular weight is 363 g/mol. The van der Waals surface area contributed by atoms with Crippen LogP contribution in [0.3, 0.4) is 0 Å². The van der Waals surface area contributed by atoms with Crippen molar-refractivity contribution in [2.45, 2.75) is 25.3 Å². The molecule has 1 unspecified atom stereocenters. The van der Waals surface area contributed by atoms with Gasteiger partial charge in [0.15, 0.2) is 0 Å². The monoisotopic (exact) mass is 363 g/mol. The summed E-state index contributed by atoms with van der Waals surface area (Å²) in [6.45, 7) is 1.28. The first-order valence-corrected chi connectivity index (χ1v) is 9.14. The smallest absolute Gasteiger partial charge is 0.318 e. The van der Waals surface area contributed by atoms with Gasteiger partial charge in [-0.3, -0.25) is 4.98 Å². The quantitative estimate of drug-likeness (QED) is 0.752. The van der Waals surface area contributed by atoms with Gasteiger partial charge in [0.05, 0.1) is 0 Å². The van der Waals surface area contributed by atoms with Gasteiger partial charge >= 0.3 is 6.03 Å². The van der Waals surface area contributed by atoms with Crippen molar-refractivity contribution in [2.75, 3.05) is 13.1 Å². The van der Waals surface area contributed by atoms with Crippen LogP contribution in [0.4, 0.5) is 4.79 Å². The first-order chi connectivity index (χ1) is 13.3. The van der Waals surface area contributed by atoms with Gasteiger partial charge in [-0.25, -0.2) is 4.79 Å². The van der Waals surface area contributed by atoms with Crippen LogP contribution in [0.2, 0.25) is 0 Å². The van der Waals surface area contributed by atoms with Crippen molar-refractivity contribution >= 4 is 6.03 Å². The first kappa shape index (κ1) is 17.2. The van der Waals surface area contributed by atoms with E-state index in [1.54, 1.807) is 11.1 Å². The number of rotatable bonds is 5. The highest BCUT2D eigenvalue weighted by atomic mass is 16.5. The lowest BCUT2D eigenvalue weighted by Gasteiger charge is -2.22. The molecule has 7 nitrogen and oxygen atoms in total. The third-order valence-corrected chi connectivity index (χ3v) is 4.67. The molecule has 0 bridgehead atoms. The Labute approximate surface area is 157 Å². The molecule has 3 aromatic rings. The number of likely N-dealkylation sites (tertiary alicyclic amines) is 1. The van der Waals surface area contributed by atoms with E-state index in [0.29, 0.717) is 30.5 Å². The van der Waals surface area contributed by atoms with Crippen LogP contribution in [-0.4, -0.2) is 39.1 Å². The molecule has 1 aliphatic rings. The number of nitrogens with zero attached hydrogens (tertiary/aromatic N) is 4. The SMILES string of the molecule is O=C(NCCc1ccccc1)N1CCCC1c1nc(-c2ccccn2)no1. The second-order valence-electron chi connectivity index (χ2n) is 6.49. The van der Waals surface area contributed by atoms with Crippen molar-refractivity contribution in [2.24, 2.45) is 0 Å². The molecule has 2 aromatic heterocycles. The van der Waals surface area contributed by atoms with Crippen LogP contribution >= 0.6 is 0 Å². The van der Waals surface area contributed by atoms with Crippen molar-refractivity contribution < 1.29 is 9.32 Å². The number of aromatic nitrogens is 3. The standard InChI is InChI=1S/C20H21N5O2/c26-20(22-13-11-15-7-2-1-3-8-15)25-14-6-10-17(25)19-23-18(24-27-19)16-9-4-5-12-21-16/h1-5,7-9,12,17H,6,10-11,13-14H2,(H,22,26). The fourth-order valence-corrected chi connectivity index (χ4v) is 3.30. The highest BCUT2D eigenvalue weighted by Gasteiger charge is 2.34. The molecular formula is C20H21N5O2. The molecule has 0 spiro atoms. The minimum atomic E-state index is -0.188. The van der Waals surface area contributed by atoms with Crippen molar-refractivity contribution in [3.8, 4) is 11.5 Å². The van der Waals surface area contributed by atoms with Crippen LogP contribution in [-0.2, 0) is 6.42 Å². The van der Waals surface area contributed by atoms with E-state index in [-0.39, 0.29) is 12.1 Å². The zero-order chi connectivity index (χ0) is 18.5. The summed E-state index contributed by atoms with van der Waals surface area (Å²) in [7, 11) is 0. The molecule has 7 heteroatoms. The van der Waals surface area contributed by atoms with E-state index in [4.69, 9.17) is 4.52 Å². The summed E-state index contributed by atoms with van der Waals surface area (Å²) >= 11 is 0. The summed E-state index contributed by atoms with van der Waals surface area (Å²) in [4.78, 5) is 23.1. The molecule has 2 amide bonds. The summed E-state index contributed by atoms with van der Waals surface area (Å²) in [6.07, 6.45) is 4.22. The number of carbonyl (C=O) groups excluding carboxylic acids is 1. The third-order valence-electron chi connectivity index (χ3n) is 4.67. The van der Waals surface area contributed by atoms with Crippen LogP contribution in [0.1, 0.15) is 30.3 Å². The summed E-state index contributed by atoms with van der Waals surface area (Å²) in [6, 6.07) is 15.4. The van der Waals surface area contributed by atoms with Crippen LogP contribution in [0.25, 0.3) is 11.5 Å². The van der Waals surface area contributed by atoms with Crippen LogP contribution in [0.5, 0.6) is 0 Å². The number of hydrogen-bond acceptors (Lipinski definition) is 5. The number of carbonyl (C=O) groups is 1. The fraction of sp³-hybridized carbons (Fsp3) is 0.300. The van der Waals surface area contributed by atoms with Crippen molar-refractivity contribution in [1.29, 1.82) is 0 Å². The maximum atomic E-state index is 12.6. The average Bonchev–Trinajstić information content (AvgIpc) is 3.39. The van der Waals surface area contributed by atoms with Crippen molar-refractivity contribution in [1.82, 2.24) is 25.3 Å². The number of pyridine rings is 1. The Hall–Kier alpha value is -3.22. The normalized spacial score (nSPS) is 16.4. The van der Waals surface area contributed by atoms with Crippen LogP contribution in [0.15, 0.2) is 59.3 Å². The third kappa shape index (κ3) is 3.97. The molecule has 0 aliphatic carbocycles. The highest BCUT2D eigenvalue weighted by Crippen LogP contribution is 2.31. The number of nitrogens with one attached hydrogen (secondary N) is 1. The second-order valence-corrected chi connectivity index (χ2v) is 6.49. The zero-order valence-electron chi connectivity index (χ0n) is 14.9. The predicted molar refractivity (Wildman–Crippen MR) is 99.8 cm³/mol. The van der Waals surface area contributed by atoms with Gasteiger partial charge in [0, 0.05) is 19.3 Å². The molecule has 1 fully saturated rings. The van der Waals surface area contributed by atoms with Gasteiger partial charge in [-0.1, -0.05) is 41.6 Å². The number of urea groups is 1. The molecule has 0 saturated carbocycles. The summed E-state index contributed by atoms with van der Waals surface area (Å²) in [5, 5.41) is 7.02. The van der Waals surface area contributed by atoms with E-state index in [0.717, 1.165) is 19.3 Å². The Kier molecular flexibility index (Phi) is 5.09. The maximum absolute atomic E-state index is 12.6. The number of amides is 2. The van der Waals surface area contributed by atoms with E-state index in [9.17, 15) is 4.79 Å². The minimum Gasteiger partial charge on any atom is -0.338 e. The Balaban J connectivity index is 1.38. The van der Waals surface area contributed by atoms with Crippen LogP contribution < -0.4 is 5.32 Å². The van der Waals surface area contributed by atoms with Gasteiger partial charge in [0.2, 0.25) is 11.7 Å². The lowest BCUT2D eigenvalue weighted by Crippen LogP contribution is -2.40. The van der Waals surface area contributed by atoms with E-state index < -0.39 is 0 Å². The largest absolute Gasteiger partial charge is 0.338 e. The second kappa shape index (κ2) is 7.99. The van der Waals surface area contributed by atoms with E-state index in [2.05, 4.69) is 32.6 Å². The predicted octanol–water partition coefficient (Wildman–Crippen LogP) is 3.22. The molecule has 1 atom stereocenters. The van der Waals surface area contributed by atoms with Gasteiger partial charge in [-0.05, 0) is 37.0 Å². The lowest BCUT2D eigenvalue weighted by atomic mass is 10.1. The molecule has 1 N–H and O–H groups in total. The van der Waals surface area contributed by atoms with E-state index in [1.807, 2.05) is 36.4 Å². The van der Waals surface area contributed by atoms with Crippen molar-refractivity contribution in [3.05, 3.63) is 66.2 Å². The number of benzene rings is 1. The molecule has 1 aromatic carbocycles. The molecule has 3 heterocycles.